The zero-order valence-electron chi connectivity index (χ0n) is 12.9. The topological polar surface area (TPSA) is 84.5 Å². The van der Waals surface area contributed by atoms with E-state index in [9.17, 15) is 14.4 Å². The monoisotopic (exact) mass is 306 g/mol. The molecule has 0 saturated carbocycles. The van der Waals surface area contributed by atoms with Gasteiger partial charge in [-0.15, -0.1) is 0 Å². The van der Waals surface area contributed by atoms with Gasteiger partial charge in [0, 0.05) is 6.04 Å². The lowest BCUT2D eigenvalue weighted by Gasteiger charge is -2.11. The summed E-state index contributed by atoms with van der Waals surface area (Å²) in [6, 6.07) is 9.24. The number of esters is 1. The quantitative estimate of drug-likeness (QED) is 0.696. The smallest absolute Gasteiger partial charge is 0.325 e. The maximum Gasteiger partial charge on any atom is 0.325 e. The average Bonchev–Trinajstić information content (AvgIpc) is 2.51. The fourth-order valence-electron chi connectivity index (χ4n) is 1.63. The van der Waals surface area contributed by atoms with Crippen LogP contribution in [-0.2, 0) is 25.5 Å². The van der Waals surface area contributed by atoms with E-state index in [1.807, 2.05) is 44.2 Å². The van der Waals surface area contributed by atoms with Crippen molar-refractivity contribution in [1.82, 2.24) is 10.6 Å². The van der Waals surface area contributed by atoms with Gasteiger partial charge in [0.1, 0.15) is 6.54 Å². The predicted octanol–water partition coefficient (Wildman–Crippen LogP) is 0.803. The third-order valence-electron chi connectivity index (χ3n) is 3.02. The number of hydrogen-bond acceptors (Lipinski definition) is 4. The van der Waals surface area contributed by atoms with Crippen LogP contribution in [0.1, 0.15) is 25.8 Å². The lowest BCUT2D eigenvalue weighted by atomic mass is 10.1. The molecule has 0 bridgehead atoms. The van der Waals surface area contributed by atoms with E-state index in [-0.39, 0.29) is 37.4 Å². The number of ether oxygens (including phenoxy) is 1. The van der Waals surface area contributed by atoms with E-state index in [2.05, 4.69) is 10.6 Å². The Labute approximate surface area is 130 Å². The molecule has 0 radical (unpaired) electrons. The Hall–Kier alpha value is -2.37. The highest BCUT2D eigenvalue weighted by Crippen LogP contribution is 1.98. The normalized spacial score (nSPS) is 11.4. The summed E-state index contributed by atoms with van der Waals surface area (Å²) in [4.78, 5) is 34.5. The Bertz CT molecular complexity index is 502. The SMILES string of the molecule is CCC(C)NC(=O)COC(=O)CNC(=O)Cc1ccccc1. The van der Waals surface area contributed by atoms with Gasteiger partial charge < -0.3 is 15.4 Å². The predicted molar refractivity (Wildman–Crippen MR) is 82.0 cm³/mol. The minimum absolute atomic E-state index is 0.0387. The van der Waals surface area contributed by atoms with Gasteiger partial charge in [0.15, 0.2) is 6.61 Å². The summed E-state index contributed by atoms with van der Waals surface area (Å²) in [5.41, 5.74) is 0.862. The van der Waals surface area contributed by atoms with Crippen molar-refractivity contribution in [3.05, 3.63) is 35.9 Å². The molecule has 0 fully saturated rings. The third kappa shape index (κ3) is 7.42. The number of benzene rings is 1. The van der Waals surface area contributed by atoms with Crippen molar-refractivity contribution >= 4 is 17.8 Å². The summed E-state index contributed by atoms with van der Waals surface area (Å²) in [7, 11) is 0. The largest absolute Gasteiger partial charge is 0.454 e. The van der Waals surface area contributed by atoms with Crippen molar-refractivity contribution < 1.29 is 19.1 Å². The van der Waals surface area contributed by atoms with E-state index >= 15 is 0 Å². The zero-order chi connectivity index (χ0) is 16.4. The van der Waals surface area contributed by atoms with Crippen LogP contribution in [0.15, 0.2) is 30.3 Å². The van der Waals surface area contributed by atoms with Gasteiger partial charge in [0.2, 0.25) is 5.91 Å². The van der Waals surface area contributed by atoms with E-state index in [0.29, 0.717) is 0 Å². The first kappa shape index (κ1) is 17.7. The Kier molecular flexibility index (Phi) is 7.67. The lowest BCUT2D eigenvalue weighted by Crippen LogP contribution is -2.37. The van der Waals surface area contributed by atoms with Crippen molar-refractivity contribution in [2.75, 3.05) is 13.2 Å². The third-order valence-corrected chi connectivity index (χ3v) is 3.02. The van der Waals surface area contributed by atoms with Gasteiger partial charge in [-0.25, -0.2) is 0 Å². The van der Waals surface area contributed by atoms with Crippen molar-refractivity contribution in [3.63, 3.8) is 0 Å². The molecule has 22 heavy (non-hydrogen) atoms. The Morgan fingerprint density at radius 3 is 2.45 bits per heavy atom. The van der Waals surface area contributed by atoms with E-state index in [0.717, 1.165) is 12.0 Å². The molecule has 0 aliphatic heterocycles. The van der Waals surface area contributed by atoms with E-state index < -0.39 is 5.97 Å². The van der Waals surface area contributed by atoms with Crippen molar-refractivity contribution in [2.45, 2.75) is 32.7 Å². The lowest BCUT2D eigenvalue weighted by molar-refractivity contribution is -0.148. The van der Waals surface area contributed by atoms with Gasteiger partial charge in [-0.3, -0.25) is 14.4 Å². The fraction of sp³-hybridized carbons (Fsp3) is 0.438. The van der Waals surface area contributed by atoms with Crippen LogP contribution in [0.4, 0.5) is 0 Å². The van der Waals surface area contributed by atoms with E-state index in [4.69, 9.17) is 4.74 Å². The second-order valence-electron chi connectivity index (χ2n) is 4.98. The molecule has 120 valence electrons. The Morgan fingerprint density at radius 2 is 1.82 bits per heavy atom. The molecule has 0 aliphatic carbocycles. The molecule has 0 aliphatic rings. The molecule has 2 amide bonds. The number of carbonyl (C=O) groups excluding carboxylic acids is 3. The Morgan fingerprint density at radius 1 is 1.14 bits per heavy atom. The summed E-state index contributed by atoms with van der Waals surface area (Å²) < 4.78 is 4.78. The first-order valence-electron chi connectivity index (χ1n) is 7.27. The first-order valence-corrected chi connectivity index (χ1v) is 7.27. The number of rotatable bonds is 8. The van der Waals surface area contributed by atoms with E-state index in [1.165, 1.54) is 0 Å². The van der Waals surface area contributed by atoms with Crippen molar-refractivity contribution in [1.29, 1.82) is 0 Å². The van der Waals surface area contributed by atoms with Crippen molar-refractivity contribution in [2.24, 2.45) is 0 Å². The van der Waals surface area contributed by atoms with Crippen LogP contribution in [0.2, 0.25) is 0 Å². The maximum atomic E-state index is 11.6. The van der Waals surface area contributed by atoms with Crippen LogP contribution in [0.5, 0.6) is 0 Å². The molecule has 1 rings (SSSR count). The van der Waals surface area contributed by atoms with Crippen LogP contribution < -0.4 is 10.6 Å². The van der Waals surface area contributed by atoms with Gasteiger partial charge in [-0.05, 0) is 18.9 Å². The second-order valence-corrected chi connectivity index (χ2v) is 4.98. The number of carbonyl (C=O) groups is 3. The van der Waals surface area contributed by atoms with Crippen molar-refractivity contribution in [3.8, 4) is 0 Å². The molecule has 0 aromatic heterocycles. The minimum Gasteiger partial charge on any atom is -0.454 e. The summed E-state index contributed by atoms with van der Waals surface area (Å²) in [6.07, 6.45) is 0.998. The summed E-state index contributed by atoms with van der Waals surface area (Å²) >= 11 is 0. The molecular formula is C16H22N2O4. The molecule has 2 N–H and O–H groups in total. The molecule has 1 atom stereocenters. The summed E-state index contributed by atoms with van der Waals surface area (Å²) in [6.45, 7) is 3.22. The summed E-state index contributed by atoms with van der Waals surface area (Å²) in [5, 5.41) is 5.14. The highest BCUT2D eigenvalue weighted by atomic mass is 16.5. The second kappa shape index (κ2) is 9.55. The number of hydrogen-bond donors (Lipinski definition) is 2. The molecular weight excluding hydrogens is 284 g/mol. The Balaban J connectivity index is 2.20. The molecule has 1 aromatic carbocycles. The highest BCUT2D eigenvalue weighted by Gasteiger charge is 2.11. The fourth-order valence-corrected chi connectivity index (χ4v) is 1.63. The van der Waals surface area contributed by atoms with Gasteiger partial charge >= 0.3 is 5.97 Å². The maximum absolute atomic E-state index is 11.6. The first-order chi connectivity index (χ1) is 10.5. The molecule has 0 spiro atoms. The van der Waals surface area contributed by atoms with Crippen LogP contribution in [0.25, 0.3) is 0 Å². The van der Waals surface area contributed by atoms with Gasteiger partial charge in [0.05, 0.1) is 6.42 Å². The van der Waals surface area contributed by atoms with Crippen LogP contribution in [-0.4, -0.2) is 37.0 Å². The molecule has 6 heteroatoms. The van der Waals surface area contributed by atoms with Crippen LogP contribution in [0.3, 0.4) is 0 Å². The van der Waals surface area contributed by atoms with Gasteiger partial charge in [-0.1, -0.05) is 37.3 Å². The average molecular weight is 306 g/mol. The van der Waals surface area contributed by atoms with Gasteiger partial charge in [0.25, 0.3) is 5.91 Å². The molecule has 6 nitrogen and oxygen atoms in total. The highest BCUT2D eigenvalue weighted by molar-refractivity contribution is 5.85. The standard InChI is InChI=1S/C16H22N2O4/c1-3-12(2)18-15(20)11-22-16(21)10-17-14(19)9-13-7-5-4-6-8-13/h4-8,12H,3,9-11H2,1-2H3,(H,17,19)(H,18,20). The molecule has 1 unspecified atom stereocenters. The zero-order valence-corrected chi connectivity index (χ0v) is 12.9. The minimum atomic E-state index is -0.638. The van der Waals surface area contributed by atoms with E-state index in [1.54, 1.807) is 0 Å². The van der Waals surface area contributed by atoms with Crippen LogP contribution >= 0.6 is 0 Å². The molecule has 0 saturated heterocycles. The number of nitrogens with one attached hydrogen (secondary N) is 2. The molecule has 0 heterocycles. The number of amides is 2. The van der Waals surface area contributed by atoms with Gasteiger partial charge in [-0.2, -0.15) is 0 Å². The summed E-state index contributed by atoms with van der Waals surface area (Å²) in [5.74, 6) is -1.26. The van der Waals surface area contributed by atoms with Crippen LogP contribution in [0, 0.1) is 0 Å². The molecule has 1 aromatic rings.